The maximum Gasteiger partial charge on any atom is 0.230 e. The molecule has 0 aliphatic heterocycles. The molecule has 0 rings (SSSR count). The lowest BCUT2D eigenvalue weighted by molar-refractivity contribution is -0.134. The highest BCUT2D eigenvalue weighted by molar-refractivity contribution is 5.97. The molecule has 0 aliphatic carbocycles. The third-order valence-corrected chi connectivity index (χ3v) is 4.14. The van der Waals surface area contributed by atoms with Gasteiger partial charge >= 0.3 is 0 Å². The highest BCUT2D eigenvalue weighted by atomic mass is 16.5. The fourth-order valence-corrected chi connectivity index (χ4v) is 2.54. The Morgan fingerprint density at radius 1 is 0.581 bits per heavy atom. The maximum absolute atomic E-state index is 12.6. The first kappa shape index (κ1) is 29.8. The van der Waals surface area contributed by atoms with Gasteiger partial charge in [-0.15, -0.1) is 0 Å². The van der Waals surface area contributed by atoms with Gasteiger partial charge in [-0.25, -0.2) is 0 Å². The van der Waals surface area contributed by atoms with E-state index in [2.05, 4.69) is 10.6 Å². The van der Waals surface area contributed by atoms with Crippen LogP contribution in [0.3, 0.4) is 0 Å². The molecule has 0 unspecified atom stereocenters. The van der Waals surface area contributed by atoms with E-state index >= 15 is 0 Å². The minimum absolute atomic E-state index is 0.0150. The van der Waals surface area contributed by atoms with Crippen LogP contribution >= 0.6 is 0 Å². The SMILES string of the molecule is CC(C)OCC(C)(COC(C)C)NC(=O)CC(=O)NC(C)(COC(C)C)COC(C)C. The average Bonchev–Trinajstić information content (AvgIpc) is 2.61. The Kier molecular flexibility index (Phi) is 13.5. The predicted octanol–water partition coefficient (Wildman–Crippen LogP) is 2.83. The van der Waals surface area contributed by atoms with Crippen LogP contribution in [0.1, 0.15) is 75.7 Å². The Labute approximate surface area is 189 Å². The summed E-state index contributed by atoms with van der Waals surface area (Å²) in [5.74, 6) is -0.784. The number of carbonyl (C=O) groups is 2. The Balaban J connectivity index is 5.01. The number of hydrogen-bond donors (Lipinski definition) is 2. The van der Waals surface area contributed by atoms with Crippen molar-refractivity contribution in [2.75, 3.05) is 26.4 Å². The first-order chi connectivity index (χ1) is 14.2. The largest absolute Gasteiger partial charge is 0.376 e. The van der Waals surface area contributed by atoms with Crippen molar-refractivity contribution < 1.29 is 28.5 Å². The first-order valence-corrected chi connectivity index (χ1v) is 11.2. The van der Waals surface area contributed by atoms with E-state index in [1.165, 1.54) is 0 Å². The van der Waals surface area contributed by atoms with Crippen molar-refractivity contribution in [3.05, 3.63) is 0 Å². The van der Waals surface area contributed by atoms with Crippen LogP contribution in [0.25, 0.3) is 0 Å². The van der Waals surface area contributed by atoms with Gasteiger partial charge in [0.2, 0.25) is 11.8 Å². The zero-order chi connectivity index (χ0) is 24.2. The van der Waals surface area contributed by atoms with Crippen LogP contribution < -0.4 is 10.6 Å². The molecule has 0 radical (unpaired) electrons. The summed E-state index contributed by atoms with van der Waals surface area (Å²) in [6.07, 6.45) is -0.248. The number of nitrogens with one attached hydrogen (secondary N) is 2. The van der Waals surface area contributed by atoms with E-state index in [1.807, 2.05) is 69.2 Å². The standard InChI is InChI=1S/C23H46N2O6/c1-16(2)28-12-22(9,13-29-17(3)4)24-20(26)11-21(27)25-23(10,14-30-18(5)6)15-31-19(7)8/h16-19H,11-15H2,1-10H3,(H,24,26)(H,25,27). The molecule has 8 heteroatoms. The van der Waals surface area contributed by atoms with E-state index < -0.39 is 22.9 Å². The van der Waals surface area contributed by atoms with E-state index in [-0.39, 0.29) is 57.3 Å². The summed E-state index contributed by atoms with van der Waals surface area (Å²) in [4.78, 5) is 25.3. The van der Waals surface area contributed by atoms with Crippen molar-refractivity contribution in [1.82, 2.24) is 10.6 Å². The molecule has 8 nitrogen and oxygen atoms in total. The fourth-order valence-electron chi connectivity index (χ4n) is 2.54. The quantitative estimate of drug-likeness (QED) is 0.354. The van der Waals surface area contributed by atoms with Gasteiger partial charge in [0.05, 0.1) is 61.9 Å². The summed E-state index contributed by atoms with van der Waals surface area (Å²) in [6.45, 7) is 20.3. The predicted molar refractivity (Wildman–Crippen MR) is 122 cm³/mol. The van der Waals surface area contributed by atoms with Crippen molar-refractivity contribution >= 4 is 11.8 Å². The van der Waals surface area contributed by atoms with Gasteiger partial charge in [0.25, 0.3) is 0 Å². The zero-order valence-corrected chi connectivity index (χ0v) is 21.3. The summed E-state index contributed by atoms with van der Waals surface area (Å²) in [7, 11) is 0. The lowest BCUT2D eigenvalue weighted by Crippen LogP contribution is -2.56. The van der Waals surface area contributed by atoms with Crippen LogP contribution in [0, 0.1) is 0 Å². The van der Waals surface area contributed by atoms with Crippen molar-refractivity contribution in [2.45, 2.75) is 111 Å². The van der Waals surface area contributed by atoms with Gasteiger partial charge in [0.15, 0.2) is 0 Å². The Hall–Kier alpha value is -1.22. The molecular weight excluding hydrogens is 400 g/mol. The topological polar surface area (TPSA) is 95.1 Å². The number of hydrogen-bond acceptors (Lipinski definition) is 6. The molecule has 0 atom stereocenters. The average molecular weight is 447 g/mol. The van der Waals surface area contributed by atoms with Crippen LogP contribution in [-0.2, 0) is 28.5 Å². The molecule has 0 aromatic rings. The summed E-state index contributed by atoms with van der Waals surface area (Å²) >= 11 is 0. The molecule has 2 N–H and O–H groups in total. The van der Waals surface area contributed by atoms with E-state index in [0.29, 0.717) is 0 Å². The third-order valence-electron chi connectivity index (χ3n) is 4.14. The molecule has 0 saturated carbocycles. The maximum atomic E-state index is 12.6. The summed E-state index contributed by atoms with van der Waals surface area (Å²) in [5.41, 5.74) is -1.48. The van der Waals surface area contributed by atoms with Gasteiger partial charge in [-0.1, -0.05) is 0 Å². The molecule has 0 spiro atoms. The van der Waals surface area contributed by atoms with E-state index in [4.69, 9.17) is 18.9 Å². The summed E-state index contributed by atoms with van der Waals surface area (Å²) in [5, 5.41) is 5.82. The highest BCUT2D eigenvalue weighted by Crippen LogP contribution is 2.12. The minimum atomic E-state index is -0.739. The van der Waals surface area contributed by atoms with Crippen molar-refractivity contribution in [1.29, 1.82) is 0 Å². The van der Waals surface area contributed by atoms with Crippen molar-refractivity contribution in [3.8, 4) is 0 Å². The Morgan fingerprint density at radius 2 is 0.806 bits per heavy atom. The fraction of sp³-hybridized carbons (Fsp3) is 0.913. The monoisotopic (exact) mass is 446 g/mol. The molecule has 184 valence electrons. The second kappa shape index (κ2) is 14.0. The van der Waals surface area contributed by atoms with Crippen LogP contribution in [-0.4, -0.2) is 73.7 Å². The molecule has 0 aliphatic rings. The number of amides is 2. The van der Waals surface area contributed by atoms with Crippen molar-refractivity contribution in [2.24, 2.45) is 0 Å². The van der Waals surface area contributed by atoms with E-state index in [1.54, 1.807) is 0 Å². The van der Waals surface area contributed by atoms with Gasteiger partial charge in [-0.3, -0.25) is 9.59 Å². The first-order valence-electron chi connectivity index (χ1n) is 11.2. The molecule has 0 aromatic carbocycles. The van der Waals surface area contributed by atoms with Crippen molar-refractivity contribution in [3.63, 3.8) is 0 Å². The van der Waals surface area contributed by atoms with E-state index in [9.17, 15) is 9.59 Å². The molecular formula is C23H46N2O6. The molecule has 0 heterocycles. The molecule has 0 saturated heterocycles. The lowest BCUT2D eigenvalue weighted by atomic mass is 10.0. The van der Waals surface area contributed by atoms with Gasteiger partial charge in [-0.05, 0) is 69.2 Å². The van der Waals surface area contributed by atoms with Gasteiger partial charge in [-0.2, -0.15) is 0 Å². The number of ether oxygens (including phenoxy) is 4. The highest BCUT2D eigenvalue weighted by Gasteiger charge is 2.32. The Bertz CT molecular complexity index is 464. The van der Waals surface area contributed by atoms with Crippen LogP contribution in [0.4, 0.5) is 0 Å². The second-order valence-corrected chi connectivity index (χ2v) is 9.83. The molecule has 0 aromatic heterocycles. The van der Waals surface area contributed by atoms with Gasteiger partial charge in [0.1, 0.15) is 6.42 Å². The molecule has 0 fully saturated rings. The molecule has 31 heavy (non-hydrogen) atoms. The Morgan fingerprint density at radius 3 is 1.00 bits per heavy atom. The summed E-state index contributed by atoms with van der Waals surface area (Å²) in [6, 6.07) is 0. The summed E-state index contributed by atoms with van der Waals surface area (Å²) < 4.78 is 22.8. The molecule has 0 bridgehead atoms. The smallest absolute Gasteiger partial charge is 0.230 e. The van der Waals surface area contributed by atoms with Crippen LogP contribution in [0.15, 0.2) is 0 Å². The zero-order valence-electron chi connectivity index (χ0n) is 21.3. The van der Waals surface area contributed by atoms with Gasteiger partial charge < -0.3 is 29.6 Å². The normalized spacial score (nSPS) is 12.8. The van der Waals surface area contributed by atoms with Crippen LogP contribution in [0.2, 0.25) is 0 Å². The number of rotatable bonds is 16. The lowest BCUT2D eigenvalue weighted by Gasteiger charge is -2.33. The van der Waals surface area contributed by atoms with Crippen LogP contribution in [0.5, 0.6) is 0 Å². The minimum Gasteiger partial charge on any atom is -0.376 e. The third kappa shape index (κ3) is 15.3. The second-order valence-electron chi connectivity index (χ2n) is 9.83. The van der Waals surface area contributed by atoms with Gasteiger partial charge in [0, 0.05) is 0 Å². The number of carbonyl (C=O) groups excluding carboxylic acids is 2. The molecule has 2 amide bonds. The van der Waals surface area contributed by atoms with E-state index in [0.717, 1.165) is 0 Å².